The molecule has 3 heterocycles. The van der Waals surface area contributed by atoms with Crippen LogP contribution in [0.4, 0.5) is 19.0 Å². The Kier molecular flexibility index (Phi) is 6.94. The zero-order chi connectivity index (χ0) is 27.8. The molecule has 1 aromatic heterocycles. The molecule has 0 aliphatic carbocycles. The number of nitrogens with two attached hydrogens (primary N) is 1. The van der Waals surface area contributed by atoms with Gasteiger partial charge in [-0.05, 0) is 42.7 Å². The number of aliphatic imine (C=N–C) groups is 1. The molecule has 9 heteroatoms. The van der Waals surface area contributed by atoms with Gasteiger partial charge in [0.05, 0.1) is 11.3 Å². The molecule has 0 saturated carbocycles. The van der Waals surface area contributed by atoms with E-state index in [9.17, 15) is 18.0 Å². The Morgan fingerprint density at radius 2 is 1.82 bits per heavy atom. The summed E-state index contributed by atoms with van der Waals surface area (Å²) in [5.74, 6) is 1.11. The van der Waals surface area contributed by atoms with Crippen molar-refractivity contribution in [2.45, 2.75) is 51.2 Å². The molecule has 0 spiro atoms. The van der Waals surface area contributed by atoms with Crippen LogP contribution < -0.4 is 10.7 Å². The highest BCUT2D eigenvalue weighted by Gasteiger charge is 2.35. The predicted octanol–water partition coefficient (Wildman–Crippen LogP) is 6.84. The molecule has 3 aromatic rings. The average molecular weight is 532 g/mol. The predicted molar refractivity (Wildman–Crippen MR) is 147 cm³/mol. The maximum Gasteiger partial charge on any atom is 0.417 e. The summed E-state index contributed by atoms with van der Waals surface area (Å²) in [6.07, 6.45) is 2.05. The molecule has 5 rings (SSSR count). The fourth-order valence-electron chi connectivity index (χ4n) is 5.08. The van der Waals surface area contributed by atoms with Crippen molar-refractivity contribution in [3.63, 3.8) is 0 Å². The van der Waals surface area contributed by atoms with Crippen LogP contribution in [0.15, 0.2) is 76.6 Å². The molecule has 1 atom stereocenters. The number of rotatable bonds is 7. The quantitative estimate of drug-likeness (QED) is 0.339. The maximum absolute atomic E-state index is 14.1. The Bertz CT molecular complexity index is 1510. The van der Waals surface area contributed by atoms with Gasteiger partial charge in [-0.3, -0.25) is 0 Å². The van der Waals surface area contributed by atoms with Gasteiger partial charge < -0.3 is 10.5 Å². The largest absolute Gasteiger partial charge is 0.417 e. The zero-order valence-corrected chi connectivity index (χ0v) is 21.7. The van der Waals surface area contributed by atoms with E-state index in [1.807, 2.05) is 32.1 Å². The van der Waals surface area contributed by atoms with Gasteiger partial charge in [-0.2, -0.15) is 23.3 Å². The lowest BCUT2D eigenvalue weighted by molar-refractivity contribution is -0.137. The maximum atomic E-state index is 14.1. The fourth-order valence-corrected chi connectivity index (χ4v) is 5.08. The van der Waals surface area contributed by atoms with Gasteiger partial charge in [0.15, 0.2) is 11.6 Å². The second kappa shape index (κ2) is 10.2. The SMILES string of the molecule is CCC[C@](N)(CC=O)c1ccc(-c2nc3c(cc2-c2ccccc2C(F)(F)F)C=NC2=CCC(C)=NN23)cc1. The van der Waals surface area contributed by atoms with Gasteiger partial charge in [-0.1, -0.05) is 55.8 Å². The normalized spacial score (nSPS) is 16.1. The number of carbonyl (C=O) groups is 1. The van der Waals surface area contributed by atoms with Gasteiger partial charge in [0.25, 0.3) is 0 Å². The van der Waals surface area contributed by atoms with Gasteiger partial charge in [0.1, 0.15) is 6.29 Å². The van der Waals surface area contributed by atoms with Crippen molar-refractivity contribution in [3.05, 3.63) is 83.2 Å². The minimum absolute atomic E-state index is 0.0209. The van der Waals surface area contributed by atoms with Gasteiger partial charge >= 0.3 is 6.18 Å². The minimum atomic E-state index is -4.56. The summed E-state index contributed by atoms with van der Waals surface area (Å²) in [7, 11) is 0. The van der Waals surface area contributed by atoms with Crippen molar-refractivity contribution in [2.75, 3.05) is 5.01 Å². The van der Waals surface area contributed by atoms with Gasteiger partial charge in [-0.15, -0.1) is 0 Å². The third-order valence-electron chi connectivity index (χ3n) is 7.03. The summed E-state index contributed by atoms with van der Waals surface area (Å²) in [6.45, 7) is 3.90. The zero-order valence-electron chi connectivity index (χ0n) is 21.7. The molecule has 0 radical (unpaired) electrons. The summed E-state index contributed by atoms with van der Waals surface area (Å²) in [6, 6.07) is 14.4. The fraction of sp³-hybridized carbons (Fsp3) is 0.267. The van der Waals surface area contributed by atoms with Gasteiger partial charge in [0, 0.05) is 47.0 Å². The molecule has 200 valence electrons. The number of alkyl halides is 3. The smallest absolute Gasteiger partial charge is 0.321 e. The van der Waals surface area contributed by atoms with Crippen molar-refractivity contribution < 1.29 is 18.0 Å². The Balaban J connectivity index is 1.72. The number of allylic oxidation sites excluding steroid dienone is 1. The summed E-state index contributed by atoms with van der Waals surface area (Å²) < 4.78 is 42.2. The summed E-state index contributed by atoms with van der Waals surface area (Å²) in [5.41, 5.74) is 8.56. The number of halogens is 3. The minimum Gasteiger partial charge on any atom is -0.321 e. The van der Waals surface area contributed by atoms with Crippen molar-refractivity contribution in [2.24, 2.45) is 15.8 Å². The molecular formula is C30H28F3N5O. The molecule has 0 unspecified atom stereocenters. The first-order chi connectivity index (χ1) is 18.6. The van der Waals surface area contributed by atoms with E-state index in [-0.39, 0.29) is 12.0 Å². The van der Waals surface area contributed by atoms with E-state index in [1.165, 1.54) is 12.1 Å². The molecule has 0 amide bonds. The van der Waals surface area contributed by atoms with Crippen molar-refractivity contribution >= 4 is 24.0 Å². The van der Waals surface area contributed by atoms with Crippen LogP contribution in [0.25, 0.3) is 22.4 Å². The lowest BCUT2D eigenvalue weighted by atomic mass is 9.83. The first-order valence-electron chi connectivity index (χ1n) is 12.8. The molecule has 2 aliphatic heterocycles. The van der Waals surface area contributed by atoms with Crippen LogP contribution in [0.2, 0.25) is 0 Å². The lowest BCUT2D eigenvalue weighted by Gasteiger charge is -2.29. The monoisotopic (exact) mass is 531 g/mol. The number of benzene rings is 2. The van der Waals surface area contributed by atoms with E-state index in [4.69, 9.17) is 10.7 Å². The van der Waals surface area contributed by atoms with E-state index in [2.05, 4.69) is 10.1 Å². The highest BCUT2D eigenvalue weighted by atomic mass is 19.4. The van der Waals surface area contributed by atoms with E-state index in [0.717, 1.165) is 30.0 Å². The summed E-state index contributed by atoms with van der Waals surface area (Å²) >= 11 is 0. The van der Waals surface area contributed by atoms with Crippen LogP contribution >= 0.6 is 0 Å². The molecule has 39 heavy (non-hydrogen) atoms. The van der Waals surface area contributed by atoms with Crippen LogP contribution in [0, 0.1) is 0 Å². The third kappa shape index (κ3) is 5.02. The van der Waals surface area contributed by atoms with E-state index in [1.54, 1.807) is 35.5 Å². The number of carbonyl (C=O) groups excluding carboxylic acids is 1. The van der Waals surface area contributed by atoms with Crippen LogP contribution in [-0.4, -0.2) is 23.2 Å². The van der Waals surface area contributed by atoms with E-state index in [0.29, 0.717) is 46.9 Å². The standard InChI is InChI=1S/C30H28F3N5O/c1-3-14-29(34,15-16-39)22-11-9-20(10-12-22)27-24(23-6-4-5-7-25(23)30(31,32)33)17-21-18-35-26-13-8-19(2)37-38(26)28(21)36-27/h4-7,9-13,16-18H,3,8,14-15,34H2,1-2H3/t29-/m0/s1. The molecule has 0 saturated heterocycles. The number of anilines is 1. The van der Waals surface area contributed by atoms with Crippen molar-refractivity contribution in [1.82, 2.24) is 4.98 Å². The number of pyridine rings is 1. The molecule has 2 N–H and O–H groups in total. The number of fused-ring (bicyclic) bond motifs is 3. The number of hydrogen-bond acceptors (Lipinski definition) is 6. The van der Waals surface area contributed by atoms with Crippen molar-refractivity contribution in [3.8, 4) is 22.4 Å². The lowest BCUT2D eigenvalue weighted by Crippen LogP contribution is -2.36. The number of aldehydes is 1. The molecule has 0 bridgehead atoms. The molecule has 2 aliphatic rings. The number of hydrazone groups is 1. The third-order valence-corrected chi connectivity index (χ3v) is 7.03. The average Bonchev–Trinajstić information content (AvgIpc) is 2.92. The topological polar surface area (TPSA) is 83.9 Å². The van der Waals surface area contributed by atoms with E-state index >= 15 is 0 Å². The van der Waals surface area contributed by atoms with Gasteiger partial charge in [0.2, 0.25) is 0 Å². The highest BCUT2D eigenvalue weighted by Crippen LogP contribution is 2.43. The van der Waals surface area contributed by atoms with Gasteiger partial charge in [-0.25, -0.2) is 9.98 Å². The van der Waals surface area contributed by atoms with Crippen molar-refractivity contribution in [1.29, 1.82) is 0 Å². The van der Waals surface area contributed by atoms with Crippen LogP contribution in [-0.2, 0) is 16.5 Å². The summed E-state index contributed by atoms with van der Waals surface area (Å²) in [4.78, 5) is 20.7. The first kappa shape index (κ1) is 26.5. The van der Waals surface area contributed by atoms with Crippen LogP contribution in [0.1, 0.15) is 56.2 Å². The Labute approximate surface area is 224 Å². The van der Waals surface area contributed by atoms with Crippen LogP contribution in [0.5, 0.6) is 0 Å². The van der Waals surface area contributed by atoms with E-state index < -0.39 is 17.3 Å². The Morgan fingerprint density at radius 3 is 2.51 bits per heavy atom. The Hall–Kier alpha value is -4.11. The summed E-state index contributed by atoms with van der Waals surface area (Å²) in [5, 5.41) is 6.23. The first-order valence-corrected chi connectivity index (χ1v) is 12.8. The second-order valence-electron chi connectivity index (χ2n) is 9.87. The second-order valence-corrected chi connectivity index (χ2v) is 9.87. The molecular weight excluding hydrogens is 503 g/mol. The molecule has 6 nitrogen and oxygen atoms in total. The number of hydrogen-bond donors (Lipinski definition) is 1. The molecule has 0 fully saturated rings. The highest BCUT2D eigenvalue weighted by molar-refractivity contribution is 5.97. The molecule has 2 aromatic carbocycles. The Morgan fingerprint density at radius 1 is 1.08 bits per heavy atom. The number of nitrogens with zero attached hydrogens (tertiary/aromatic N) is 4. The number of aromatic nitrogens is 1. The van der Waals surface area contributed by atoms with Crippen LogP contribution in [0.3, 0.4) is 0 Å².